The molecule has 0 bridgehead atoms. The van der Waals surface area contributed by atoms with Crippen molar-refractivity contribution in [3.05, 3.63) is 19.8 Å². The Bertz CT molecular complexity index is 403. The Morgan fingerprint density at radius 1 is 0.929 bits per heavy atom. The van der Waals surface area contributed by atoms with Crippen LogP contribution < -0.4 is 4.74 Å². The summed E-state index contributed by atoms with van der Waals surface area (Å²) in [6, 6.07) is 0. The van der Waals surface area contributed by atoms with Crippen LogP contribution in [0.25, 0.3) is 0 Å². The van der Waals surface area contributed by atoms with Gasteiger partial charge in [-0.05, 0) is 90.4 Å². The average molecular weight is 638 g/mol. The fraction of sp³-hybridized carbons (Fsp3) is 0.125. The smallest absolute Gasteiger partial charge is 0.315 e. The van der Waals surface area contributed by atoms with Crippen molar-refractivity contribution < 1.29 is 9.53 Å². The maximum absolute atomic E-state index is 11.2. The summed E-state index contributed by atoms with van der Waals surface area (Å²) < 4.78 is 9.77. The Hall–Kier alpha value is 1.61. The first-order valence-electron chi connectivity index (χ1n) is 3.58. The molecule has 1 heterocycles. The zero-order chi connectivity index (χ0) is 10.5. The number of fused-ring (bicyclic) bond motifs is 1. The van der Waals surface area contributed by atoms with Gasteiger partial charge in [0.25, 0.3) is 0 Å². The number of carbonyl (C=O) groups excluding carboxylic acids is 1. The minimum atomic E-state index is -0.145. The molecule has 0 aliphatic carbocycles. The first kappa shape index (κ1) is 12.1. The third-order valence-electron chi connectivity index (χ3n) is 1.85. The molecule has 1 aromatic carbocycles. The highest BCUT2D eigenvalue weighted by molar-refractivity contribution is 14.1. The molecule has 2 nitrogen and oxygen atoms in total. The van der Waals surface area contributed by atoms with E-state index in [0.29, 0.717) is 6.42 Å². The number of benzene rings is 1. The highest BCUT2D eigenvalue weighted by atomic mass is 127. The summed E-state index contributed by atoms with van der Waals surface area (Å²) in [6.07, 6.45) is 0.413. The van der Waals surface area contributed by atoms with Crippen LogP contribution in [0.5, 0.6) is 5.75 Å². The number of hydrogen-bond acceptors (Lipinski definition) is 2. The second kappa shape index (κ2) is 4.47. The van der Waals surface area contributed by atoms with E-state index < -0.39 is 0 Å². The number of esters is 1. The number of carbonyl (C=O) groups is 1. The molecule has 0 N–H and O–H groups in total. The molecule has 0 aromatic heterocycles. The molecule has 0 radical (unpaired) electrons. The molecule has 1 aliphatic rings. The van der Waals surface area contributed by atoms with E-state index in [-0.39, 0.29) is 5.97 Å². The van der Waals surface area contributed by atoms with Gasteiger partial charge < -0.3 is 4.74 Å². The molecule has 74 valence electrons. The van der Waals surface area contributed by atoms with Gasteiger partial charge in [-0.3, -0.25) is 4.79 Å². The third kappa shape index (κ3) is 1.92. The average Bonchev–Trinajstić information content (AvgIpc) is 2.54. The largest absolute Gasteiger partial charge is 0.425 e. The second-order valence-corrected chi connectivity index (χ2v) is 7.03. The highest BCUT2D eigenvalue weighted by Crippen LogP contribution is 2.40. The normalized spacial score (nSPS) is 14.1. The lowest BCUT2D eigenvalue weighted by Crippen LogP contribution is -2.00. The van der Waals surface area contributed by atoms with Crippen molar-refractivity contribution in [3.63, 3.8) is 0 Å². The van der Waals surface area contributed by atoms with Crippen molar-refractivity contribution in [2.45, 2.75) is 6.42 Å². The molecule has 0 fully saturated rings. The van der Waals surface area contributed by atoms with Gasteiger partial charge in [-0.15, -0.1) is 0 Å². The quantitative estimate of drug-likeness (QED) is 0.143. The molecule has 2 rings (SSSR count). The van der Waals surface area contributed by atoms with Crippen LogP contribution in [0, 0.1) is 14.3 Å². The van der Waals surface area contributed by atoms with Crippen LogP contribution in [0.2, 0.25) is 0 Å². The molecule has 0 saturated carbocycles. The van der Waals surface area contributed by atoms with Gasteiger partial charge in [-0.2, -0.15) is 0 Å². The topological polar surface area (TPSA) is 26.3 Å². The van der Waals surface area contributed by atoms with Crippen LogP contribution in [-0.2, 0) is 11.2 Å². The van der Waals surface area contributed by atoms with Gasteiger partial charge in [0.05, 0.1) is 9.99 Å². The molecule has 0 amide bonds. The van der Waals surface area contributed by atoms with Crippen molar-refractivity contribution in [1.82, 2.24) is 0 Å². The minimum absolute atomic E-state index is 0.145. The van der Waals surface area contributed by atoms with E-state index in [2.05, 4.69) is 90.4 Å². The van der Waals surface area contributed by atoms with E-state index in [4.69, 9.17) is 4.74 Å². The van der Waals surface area contributed by atoms with Gasteiger partial charge in [-0.1, -0.05) is 0 Å². The Morgan fingerprint density at radius 2 is 1.50 bits per heavy atom. The zero-order valence-electron chi connectivity index (χ0n) is 6.54. The van der Waals surface area contributed by atoms with Gasteiger partial charge >= 0.3 is 5.97 Å². The van der Waals surface area contributed by atoms with Crippen LogP contribution in [0.15, 0.2) is 0 Å². The molecule has 1 aliphatic heterocycles. The Morgan fingerprint density at radius 3 is 2.14 bits per heavy atom. The predicted octanol–water partition coefficient (Wildman–Crippen LogP) is 3.57. The summed E-state index contributed by atoms with van der Waals surface area (Å²) in [4.78, 5) is 11.2. The molecule has 1 aromatic rings. The summed E-state index contributed by atoms with van der Waals surface area (Å²) in [5, 5.41) is 0. The highest BCUT2D eigenvalue weighted by Gasteiger charge is 2.28. The number of ether oxygens (including phenoxy) is 1. The molecule has 0 atom stereocenters. The maximum Gasteiger partial charge on any atom is 0.315 e. The molecular weight excluding hydrogens is 636 g/mol. The van der Waals surface area contributed by atoms with E-state index in [1.54, 1.807) is 0 Å². The molecule has 0 spiro atoms. The van der Waals surface area contributed by atoms with E-state index in [9.17, 15) is 4.79 Å². The Balaban J connectivity index is 2.76. The van der Waals surface area contributed by atoms with Crippen LogP contribution in [0.4, 0.5) is 0 Å². The van der Waals surface area contributed by atoms with Gasteiger partial charge in [0.2, 0.25) is 0 Å². The predicted molar refractivity (Wildman–Crippen MR) is 86.6 cm³/mol. The van der Waals surface area contributed by atoms with Crippen LogP contribution in [0.1, 0.15) is 5.56 Å². The maximum atomic E-state index is 11.2. The Kier molecular flexibility index (Phi) is 3.85. The standard InChI is InChI=1S/C8H2I4O2/c9-4-2-1-3(13)14-8(2)7(12)6(11)5(4)10/h1H2. The summed E-state index contributed by atoms with van der Waals surface area (Å²) in [6.45, 7) is 0. The van der Waals surface area contributed by atoms with Gasteiger partial charge in [0, 0.05) is 16.3 Å². The number of rotatable bonds is 0. The van der Waals surface area contributed by atoms with Gasteiger partial charge in [-0.25, -0.2) is 0 Å². The summed E-state index contributed by atoms with van der Waals surface area (Å²) in [7, 11) is 0. The second-order valence-electron chi connectivity index (χ2n) is 2.71. The summed E-state index contributed by atoms with van der Waals surface area (Å²) in [5.74, 6) is 0.624. The van der Waals surface area contributed by atoms with Crippen molar-refractivity contribution in [3.8, 4) is 5.75 Å². The minimum Gasteiger partial charge on any atom is -0.425 e. The Labute approximate surface area is 135 Å². The summed E-state index contributed by atoms with van der Waals surface area (Å²) >= 11 is 9.10. The lowest BCUT2D eigenvalue weighted by Gasteiger charge is -2.08. The van der Waals surface area contributed by atoms with Crippen molar-refractivity contribution >= 4 is 96.3 Å². The van der Waals surface area contributed by atoms with Crippen LogP contribution >= 0.6 is 90.4 Å². The SMILES string of the molecule is O=C1Cc2c(I)c(I)c(I)c(I)c2O1. The number of halogens is 4. The monoisotopic (exact) mass is 638 g/mol. The van der Waals surface area contributed by atoms with Crippen LogP contribution in [-0.4, -0.2) is 5.97 Å². The molecule has 6 heteroatoms. The van der Waals surface area contributed by atoms with E-state index in [1.807, 2.05) is 0 Å². The fourth-order valence-corrected chi connectivity index (χ4v) is 4.77. The van der Waals surface area contributed by atoms with E-state index >= 15 is 0 Å². The van der Waals surface area contributed by atoms with E-state index in [1.165, 1.54) is 7.14 Å². The first-order valence-corrected chi connectivity index (χ1v) is 7.89. The first-order chi connectivity index (χ1) is 6.52. The van der Waals surface area contributed by atoms with Crippen LogP contribution in [0.3, 0.4) is 0 Å². The lowest BCUT2D eigenvalue weighted by atomic mass is 10.2. The third-order valence-corrected chi connectivity index (χ3v) is 9.33. The molecule has 0 unspecified atom stereocenters. The molecule has 0 saturated heterocycles. The zero-order valence-corrected chi connectivity index (χ0v) is 15.2. The fourth-order valence-electron chi connectivity index (χ4n) is 1.22. The molecule has 14 heavy (non-hydrogen) atoms. The van der Waals surface area contributed by atoms with Gasteiger partial charge in [0.1, 0.15) is 5.75 Å². The molecular formula is C8H2I4O2. The van der Waals surface area contributed by atoms with Crippen molar-refractivity contribution in [2.24, 2.45) is 0 Å². The van der Waals surface area contributed by atoms with E-state index in [0.717, 1.165) is 18.5 Å². The summed E-state index contributed by atoms with van der Waals surface area (Å²) in [5.41, 5.74) is 1.05. The van der Waals surface area contributed by atoms with Gasteiger partial charge in [0.15, 0.2) is 0 Å². The van der Waals surface area contributed by atoms with Crippen molar-refractivity contribution in [2.75, 3.05) is 0 Å². The number of hydrogen-bond donors (Lipinski definition) is 0. The van der Waals surface area contributed by atoms with Crippen molar-refractivity contribution in [1.29, 1.82) is 0 Å². The lowest BCUT2D eigenvalue weighted by molar-refractivity contribution is -0.131.